The Kier molecular flexibility index (Phi) is 7.34. The molecular formula is C22H23F4O5S-. The van der Waals surface area contributed by atoms with Gasteiger partial charge in [0.05, 0.1) is 0 Å². The van der Waals surface area contributed by atoms with Crippen molar-refractivity contribution in [1.82, 2.24) is 0 Å². The van der Waals surface area contributed by atoms with E-state index in [1.165, 1.54) is 5.56 Å². The summed E-state index contributed by atoms with van der Waals surface area (Å²) in [6, 6.07) is 7.58. The largest absolute Gasteiger partial charge is 0.744 e. The standard InChI is InChI=1S/C22H24F4O5S/c1-3-12(2)13-7-9-14(10-8-13)30-15-5-4-6-16(11-15)31-21-17(23)19(25)22(32(27,28)29)20(26)18(21)24/h7-10,12,15-16H,3-6,11H2,1-2H3,(H,27,28,29)/p-1. The van der Waals surface area contributed by atoms with Gasteiger partial charge in [-0.05, 0) is 49.3 Å². The van der Waals surface area contributed by atoms with E-state index in [1.807, 2.05) is 24.3 Å². The smallest absolute Gasteiger partial charge is 0.205 e. The molecule has 1 aliphatic rings. The van der Waals surface area contributed by atoms with Crippen LogP contribution in [-0.4, -0.2) is 25.2 Å². The second-order valence-electron chi connectivity index (χ2n) is 7.89. The summed E-state index contributed by atoms with van der Waals surface area (Å²) in [5, 5.41) is 0. The Morgan fingerprint density at radius 1 is 0.969 bits per heavy atom. The topological polar surface area (TPSA) is 75.7 Å². The molecule has 1 aliphatic carbocycles. The summed E-state index contributed by atoms with van der Waals surface area (Å²) in [5.74, 6) is -9.12. The lowest BCUT2D eigenvalue weighted by atomic mass is 9.94. The van der Waals surface area contributed by atoms with E-state index in [9.17, 15) is 30.5 Å². The number of ether oxygens (including phenoxy) is 2. The fraction of sp³-hybridized carbons (Fsp3) is 0.455. The van der Waals surface area contributed by atoms with E-state index < -0.39 is 50.1 Å². The fourth-order valence-corrected chi connectivity index (χ4v) is 4.32. The molecule has 0 aliphatic heterocycles. The molecule has 0 bridgehead atoms. The minimum atomic E-state index is -5.77. The molecule has 3 unspecified atom stereocenters. The van der Waals surface area contributed by atoms with Crippen LogP contribution in [0.2, 0.25) is 0 Å². The lowest BCUT2D eigenvalue weighted by Crippen LogP contribution is -2.32. The molecular weight excluding hydrogens is 452 g/mol. The molecule has 3 rings (SSSR count). The minimum absolute atomic E-state index is 0.191. The first-order chi connectivity index (χ1) is 15.0. The van der Waals surface area contributed by atoms with Crippen molar-refractivity contribution in [2.45, 2.75) is 69.0 Å². The van der Waals surface area contributed by atoms with Gasteiger partial charge in [0, 0.05) is 6.42 Å². The molecule has 3 atom stereocenters. The van der Waals surface area contributed by atoms with Gasteiger partial charge in [0.2, 0.25) is 11.6 Å². The van der Waals surface area contributed by atoms with Crippen molar-refractivity contribution in [3.8, 4) is 11.5 Å². The first-order valence-electron chi connectivity index (χ1n) is 10.3. The molecule has 0 radical (unpaired) electrons. The highest BCUT2D eigenvalue weighted by atomic mass is 32.2. The molecule has 0 heterocycles. The third kappa shape index (κ3) is 5.17. The van der Waals surface area contributed by atoms with Crippen molar-refractivity contribution >= 4 is 10.1 Å². The van der Waals surface area contributed by atoms with E-state index >= 15 is 0 Å². The van der Waals surface area contributed by atoms with Crippen molar-refractivity contribution in [1.29, 1.82) is 0 Å². The normalized spacial score (nSPS) is 20.1. The zero-order valence-electron chi connectivity index (χ0n) is 17.5. The van der Waals surface area contributed by atoms with Gasteiger partial charge in [0.1, 0.15) is 33.0 Å². The molecule has 5 nitrogen and oxygen atoms in total. The first kappa shape index (κ1) is 24.3. The molecule has 1 fully saturated rings. The maximum atomic E-state index is 14.2. The first-order valence-corrected chi connectivity index (χ1v) is 11.7. The Bertz CT molecular complexity index is 1040. The Balaban J connectivity index is 1.74. The SMILES string of the molecule is CCC(C)c1ccc(OC2CCCC(Oc3c(F)c(F)c(S(=O)(=O)[O-])c(F)c3F)C2)cc1. The summed E-state index contributed by atoms with van der Waals surface area (Å²) in [7, 11) is -5.77. The van der Waals surface area contributed by atoms with Gasteiger partial charge in [-0.3, -0.25) is 0 Å². The van der Waals surface area contributed by atoms with Crippen molar-refractivity contribution in [2.75, 3.05) is 0 Å². The predicted octanol–water partition coefficient (Wildman–Crippen LogP) is 5.43. The van der Waals surface area contributed by atoms with Crippen LogP contribution in [-0.2, 0) is 10.1 Å². The van der Waals surface area contributed by atoms with E-state index in [2.05, 4.69) is 13.8 Å². The summed E-state index contributed by atoms with van der Waals surface area (Å²) in [4.78, 5) is -2.20. The van der Waals surface area contributed by atoms with Gasteiger partial charge in [-0.25, -0.2) is 17.2 Å². The Morgan fingerprint density at radius 3 is 2.00 bits per heavy atom. The number of hydrogen-bond acceptors (Lipinski definition) is 5. The van der Waals surface area contributed by atoms with Crippen LogP contribution in [0.1, 0.15) is 57.4 Å². The zero-order chi connectivity index (χ0) is 23.6. The number of rotatable bonds is 7. The van der Waals surface area contributed by atoms with Crippen molar-refractivity contribution in [3.63, 3.8) is 0 Å². The second kappa shape index (κ2) is 9.66. The van der Waals surface area contributed by atoms with Gasteiger partial charge in [0.25, 0.3) is 0 Å². The van der Waals surface area contributed by atoms with Gasteiger partial charge in [0.15, 0.2) is 17.4 Å². The molecule has 1 saturated carbocycles. The summed E-state index contributed by atoms with van der Waals surface area (Å²) in [5.41, 5.74) is 1.17. The van der Waals surface area contributed by atoms with Crippen LogP contribution >= 0.6 is 0 Å². The summed E-state index contributed by atoms with van der Waals surface area (Å²) in [6.45, 7) is 4.20. The van der Waals surface area contributed by atoms with E-state index in [0.717, 1.165) is 6.42 Å². The zero-order valence-corrected chi connectivity index (χ0v) is 18.4. The van der Waals surface area contributed by atoms with Crippen LogP contribution in [0.4, 0.5) is 17.6 Å². The molecule has 0 spiro atoms. The summed E-state index contributed by atoms with van der Waals surface area (Å²) >= 11 is 0. The van der Waals surface area contributed by atoms with Gasteiger partial charge in [-0.2, -0.15) is 8.78 Å². The summed E-state index contributed by atoms with van der Waals surface area (Å²) in [6.07, 6.45) is 1.57. The van der Waals surface area contributed by atoms with Crippen LogP contribution in [0.15, 0.2) is 29.2 Å². The monoisotopic (exact) mass is 475 g/mol. The van der Waals surface area contributed by atoms with Crippen LogP contribution in [0.25, 0.3) is 0 Å². The fourth-order valence-electron chi connectivity index (χ4n) is 3.70. The van der Waals surface area contributed by atoms with Gasteiger partial charge in [-0.1, -0.05) is 26.0 Å². The third-order valence-electron chi connectivity index (χ3n) is 5.66. The molecule has 10 heteroatoms. The Labute approximate surface area is 184 Å². The molecule has 176 valence electrons. The summed E-state index contributed by atoms with van der Waals surface area (Å²) < 4.78 is 100. The van der Waals surface area contributed by atoms with Gasteiger partial charge >= 0.3 is 0 Å². The molecule has 32 heavy (non-hydrogen) atoms. The predicted molar refractivity (Wildman–Crippen MR) is 107 cm³/mol. The van der Waals surface area contributed by atoms with E-state index in [-0.39, 0.29) is 12.5 Å². The molecule has 2 aromatic rings. The van der Waals surface area contributed by atoms with Crippen LogP contribution in [0.5, 0.6) is 11.5 Å². The number of halogens is 4. The molecule has 0 aromatic heterocycles. The minimum Gasteiger partial charge on any atom is -0.744 e. The highest BCUT2D eigenvalue weighted by Gasteiger charge is 2.33. The number of benzene rings is 2. The molecule has 0 N–H and O–H groups in total. The molecule has 2 aromatic carbocycles. The highest BCUT2D eigenvalue weighted by molar-refractivity contribution is 7.85. The average Bonchev–Trinajstić information content (AvgIpc) is 2.75. The van der Waals surface area contributed by atoms with Crippen molar-refractivity contribution in [2.24, 2.45) is 0 Å². The Morgan fingerprint density at radius 2 is 1.50 bits per heavy atom. The van der Waals surface area contributed by atoms with Crippen LogP contribution < -0.4 is 9.47 Å². The van der Waals surface area contributed by atoms with Crippen LogP contribution in [0.3, 0.4) is 0 Å². The lowest BCUT2D eigenvalue weighted by Gasteiger charge is -2.30. The van der Waals surface area contributed by atoms with Crippen molar-refractivity contribution < 1.29 is 40.0 Å². The second-order valence-corrected chi connectivity index (χ2v) is 9.21. The van der Waals surface area contributed by atoms with Crippen molar-refractivity contribution in [3.05, 3.63) is 53.1 Å². The lowest BCUT2D eigenvalue weighted by molar-refractivity contribution is 0.0618. The average molecular weight is 475 g/mol. The van der Waals surface area contributed by atoms with E-state index in [1.54, 1.807) is 0 Å². The third-order valence-corrected chi connectivity index (χ3v) is 6.52. The van der Waals surface area contributed by atoms with Gasteiger partial charge < -0.3 is 14.0 Å². The highest BCUT2D eigenvalue weighted by Crippen LogP contribution is 2.35. The van der Waals surface area contributed by atoms with E-state index in [0.29, 0.717) is 30.9 Å². The maximum Gasteiger partial charge on any atom is 0.205 e. The van der Waals surface area contributed by atoms with E-state index in [4.69, 9.17) is 9.47 Å². The van der Waals surface area contributed by atoms with Crippen LogP contribution in [0, 0.1) is 23.3 Å². The quantitative estimate of drug-likeness (QED) is 0.303. The number of hydrogen-bond donors (Lipinski definition) is 0. The van der Waals surface area contributed by atoms with Gasteiger partial charge in [-0.15, -0.1) is 0 Å². The molecule has 0 amide bonds. The maximum absolute atomic E-state index is 14.2. The Hall–Kier alpha value is -2.33. The molecule has 0 saturated heterocycles.